The van der Waals surface area contributed by atoms with Crippen LogP contribution in [0.5, 0.6) is 0 Å². The van der Waals surface area contributed by atoms with Crippen molar-refractivity contribution in [3.05, 3.63) is 65.9 Å². The average molecular weight is 448 g/mol. The van der Waals surface area contributed by atoms with E-state index >= 15 is 0 Å². The molecular weight excluding hydrogens is 429 g/mol. The molecule has 0 bridgehead atoms. The van der Waals surface area contributed by atoms with Gasteiger partial charge in [0.15, 0.2) is 5.76 Å². The number of amides is 2. The van der Waals surface area contributed by atoms with Crippen LogP contribution < -0.4 is 10.6 Å². The normalized spacial score (nSPS) is 16.2. The fourth-order valence-corrected chi connectivity index (χ4v) is 3.30. The quantitative estimate of drug-likeness (QED) is 0.596. The predicted octanol–water partition coefficient (Wildman–Crippen LogP) is 3.91. The molecule has 4 rings (SSSR count). The summed E-state index contributed by atoms with van der Waals surface area (Å²) in [6.45, 7) is 0.709. The fourth-order valence-electron chi connectivity index (χ4n) is 3.30. The first kappa shape index (κ1) is 21.6. The van der Waals surface area contributed by atoms with Gasteiger partial charge >= 0.3 is 6.18 Å². The lowest BCUT2D eigenvalue weighted by Gasteiger charge is -2.16. The van der Waals surface area contributed by atoms with E-state index in [4.69, 9.17) is 9.15 Å². The number of furan rings is 1. The van der Waals surface area contributed by atoms with Gasteiger partial charge in [0.1, 0.15) is 11.9 Å². The van der Waals surface area contributed by atoms with Gasteiger partial charge in [0.25, 0.3) is 11.8 Å². The minimum absolute atomic E-state index is 0.0460. The number of benzene rings is 1. The van der Waals surface area contributed by atoms with E-state index < -0.39 is 35.3 Å². The van der Waals surface area contributed by atoms with E-state index in [2.05, 4.69) is 15.7 Å². The molecule has 11 heteroatoms. The van der Waals surface area contributed by atoms with E-state index in [-0.39, 0.29) is 18.0 Å². The Morgan fingerprint density at radius 2 is 2.03 bits per heavy atom. The summed E-state index contributed by atoms with van der Waals surface area (Å²) < 4.78 is 53.1. The van der Waals surface area contributed by atoms with Crippen LogP contribution in [0.25, 0.3) is 0 Å². The molecule has 1 aromatic carbocycles. The zero-order valence-corrected chi connectivity index (χ0v) is 16.7. The molecule has 2 amide bonds. The first-order chi connectivity index (χ1) is 15.3. The number of aromatic nitrogens is 2. The molecule has 168 valence electrons. The maximum absolute atomic E-state index is 13.6. The molecule has 1 saturated heterocycles. The third-order valence-electron chi connectivity index (χ3n) is 4.83. The van der Waals surface area contributed by atoms with Gasteiger partial charge in [0.2, 0.25) is 0 Å². The minimum Gasteiger partial charge on any atom is -0.454 e. The number of halogens is 3. The number of nitrogens with one attached hydrogen (secondary N) is 2. The lowest BCUT2D eigenvalue weighted by atomic mass is 10.1. The number of rotatable bonds is 6. The molecule has 32 heavy (non-hydrogen) atoms. The Bertz CT molecular complexity index is 1100. The summed E-state index contributed by atoms with van der Waals surface area (Å²) in [6.07, 6.45) is -0.926. The molecule has 1 fully saturated rings. The average Bonchev–Trinajstić information content (AvgIpc) is 3.51. The molecule has 3 heterocycles. The van der Waals surface area contributed by atoms with E-state index in [0.29, 0.717) is 25.2 Å². The fraction of sp³-hybridized carbons (Fsp3) is 0.286. The lowest BCUT2D eigenvalue weighted by molar-refractivity contribution is -0.137. The molecule has 0 radical (unpaired) electrons. The van der Waals surface area contributed by atoms with Gasteiger partial charge in [0.05, 0.1) is 17.8 Å². The maximum atomic E-state index is 13.6. The second-order valence-corrected chi connectivity index (χ2v) is 7.17. The topological polar surface area (TPSA) is 98.4 Å². The second-order valence-electron chi connectivity index (χ2n) is 7.17. The van der Waals surface area contributed by atoms with Crippen molar-refractivity contribution >= 4 is 23.2 Å². The number of anilines is 2. The number of nitrogens with zero attached hydrogens (tertiary/aromatic N) is 2. The summed E-state index contributed by atoms with van der Waals surface area (Å²) in [7, 11) is 0. The highest BCUT2D eigenvalue weighted by Crippen LogP contribution is 2.37. The number of carbonyl (C=O) groups is 2. The lowest BCUT2D eigenvalue weighted by Crippen LogP contribution is -2.27. The summed E-state index contributed by atoms with van der Waals surface area (Å²) >= 11 is 0. The van der Waals surface area contributed by atoms with Crippen LogP contribution in [0.1, 0.15) is 34.7 Å². The van der Waals surface area contributed by atoms with Crippen molar-refractivity contribution in [1.29, 1.82) is 0 Å². The van der Waals surface area contributed by atoms with Crippen LogP contribution in [-0.2, 0) is 22.3 Å². The van der Waals surface area contributed by atoms with Gasteiger partial charge in [0, 0.05) is 24.7 Å². The number of hydrogen-bond acceptors (Lipinski definition) is 5. The SMILES string of the molecule is O=C(Nc1ccc(NC(=O)C2CCCO2)cc1C(F)(F)F)c1ccc(Cn2cccn2)o1. The molecule has 1 aliphatic rings. The van der Waals surface area contributed by atoms with Crippen LogP contribution in [0.2, 0.25) is 0 Å². The minimum atomic E-state index is -4.76. The van der Waals surface area contributed by atoms with Crippen LogP contribution in [0.15, 0.2) is 53.2 Å². The summed E-state index contributed by atoms with van der Waals surface area (Å²) in [5.74, 6) is -1.07. The molecule has 8 nitrogen and oxygen atoms in total. The molecule has 1 unspecified atom stereocenters. The van der Waals surface area contributed by atoms with Crippen molar-refractivity contribution in [3.8, 4) is 0 Å². The molecule has 0 spiro atoms. The number of carbonyl (C=O) groups excluding carboxylic acids is 2. The Balaban J connectivity index is 1.49. The highest BCUT2D eigenvalue weighted by Gasteiger charge is 2.35. The van der Waals surface area contributed by atoms with E-state index in [1.165, 1.54) is 12.1 Å². The van der Waals surface area contributed by atoms with Crippen molar-refractivity contribution in [2.45, 2.75) is 31.7 Å². The molecule has 2 N–H and O–H groups in total. The van der Waals surface area contributed by atoms with E-state index in [9.17, 15) is 22.8 Å². The smallest absolute Gasteiger partial charge is 0.418 e. The van der Waals surface area contributed by atoms with Gasteiger partial charge in [-0.05, 0) is 49.2 Å². The van der Waals surface area contributed by atoms with Crippen LogP contribution in [0.4, 0.5) is 24.5 Å². The largest absolute Gasteiger partial charge is 0.454 e. The van der Waals surface area contributed by atoms with Crippen molar-refractivity contribution in [2.24, 2.45) is 0 Å². The Morgan fingerprint density at radius 1 is 1.19 bits per heavy atom. The monoisotopic (exact) mass is 448 g/mol. The summed E-state index contributed by atoms with van der Waals surface area (Å²) in [6, 6.07) is 7.78. The molecule has 0 aliphatic carbocycles. The predicted molar refractivity (Wildman–Crippen MR) is 107 cm³/mol. The van der Waals surface area contributed by atoms with Crippen LogP contribution >= 0.6 is 0 Å². The summed E-state index contributed by atoms with van der Waals surface area (Å²) in [5, 5.41) is 8.68. The zero-order valence-electron chi connectivity index (χ0n) is 16.7. The van der Waals surface area contributed by atoms with Gasteiger partial charge in [-0.15, -0.1) is 0 Å². The van der Waals surface area contributed by atoms with Crippen molar-refractivity contribution in [3.63, 3.8) is 0 Å². The van der Waals surface area contributed by atoms with Gasteiger partial charge in [-0.1, -0.05) is 0 Å². The Hall–Kier alpha value is -3.60. The summed E-state index contributed by atoms with van der Waals surface area (Å²) in [4.78, 5) is 24.6. The van der Waals surface area contributed by atoms with Crippen molar-refractivity contribution in [2.75, 3.05) is 17.2 Å². The molecule has 3 aromatic rings. The van der Waals surface area contributed by atoms with Gasteiger partial charge in [-0.3, -0.25) is 14.3 Å². The second kappa shape index (κ2) is 8.87. The Kier molecular flexibility index (Phi) is 5.99. The molecule has 2 aromatic heterocycles. The molecule has 0 saturated carbocycles. The van der Waals surface area contributed by atoms with E-state index in [0.717, 1.165) is 12.1 Å². The third-order valence-corrected chi connectivity index (χ3v) is 4.83. The van der Waals surface area contributed by atoms with Crippen LogP contribution in [0.3, 0.4) is 0 Å². The standard InChI is InChI=1S/C21H19F3N4O4/c22-21(23,24)15-11-13(26-19(29)17-3-1-10-31-17)4-6-16(15)27-20(30)18-7-5-14(32-18)12-28-9-2-8-25-28/h2,4-9,11,17H,1,3,10,12H2,(H,26,29)(H,27,30). The van der Waals surface area contributed by atoms with Crippen molar-refractivity contribution < 1.29 is 31.9 Å². The molecule has 1 atom stereocenters. The summed E-state index contributed by atoms with van der Waals surface area (Å²) in [5.41, 5.74) is -1.60. The molecular formula is C21H19F3N4O4. The first-order valence-electron chi connectivity index (χ1n) is 9.81. The Morgan fingerprint density at radius 3 is 2.72 bits per heavy atom. The van der Waals surface area contributed by atoms with E-state index in [1.807, 2.05) is 0 Å². The third kappa shape index (κ3) is 4.99. The van der Waals surface area contributed by atoms with E-state index in [1.54, 1.807) is 29.2 Å². The van der Waals surface area contributed by atoms with Crippen LogP contribution in [-0.4, -0.2) is 34.3 Å². The molecule has 1 aliphatic heterocycles. The van der Waals surface area contributed by atoms with Gasteiger partial charge in [-0.25, -0.2) is 0 Å². The first-order valence-corrected chi connectivity index (χ1v) is 9.81. The Labute approximate surface area is 180 Å². The van der Waals surface area contributed by atoms with Gasteiger partial charge in [-0.2, -0.15) is 18.3 Å². The maximum Gasteiger partial charge on any atom is 0.418 e. The van der Waals surface area contributed by atoms with Gasteiger partial charge < -0.3 is 19.8 Å². The number of hydrogen-bond donors (Lipinski definition) is 2. The van der Waals surface area contributed by atoms with Crippen LogP contribution in [0, 0.1) is 0 Å². The highest BCUT2D eigenvalue weighted by atomic mass is 19.4. The highest BCUT2D eigenvalue weighted by molar-refractivity contribution is 6.03. The number of alkyl halides is 3. The zero-order chi connectivity index (χ0) is 22.7. The number of ether oxygens (including phenoxy) is 1. The van der Waals surface area contributed by atoms with Crippen molar-refractivity contribution in [1.82, 2.24) is 9.78 Å².